The lowest BCUT2D eigenvalue weighted by Crippen LogP contribution is -2.61. The number of aliphatic hydroxyl groups is 1. The second kappa shape index (κ2) is 35.8. The Kier molecular flexibility index (Phi) is 30.3. The van der Waals surface area contributed by atoms with Crippen LogP contribution in [0.15, 0.2) is 24.3 Å². The number of primary amides is 1. The van der Waals surface area contributed by atoms with E-state index < -0.39 is 206 Å². The molecule has 0 aliphatic carbocycles. The van der Waals surface area contributed by atoms with Crippen LogP contribution in [0.4, 0.5) is 0 Å². The van der Waals surface area contributed by atoms with Crippen LogP contribution < -0.4 is 58.9 Å². The summed E-state index contributed by atoms with van der Waals surface area (Å²) >= 11 is 0. The molecule has 33 nitrogen and oxygen atoms in total. The highest BCUT2D eigenvalue weighted by Crippen LogP contribution is 2.22. The number of rotatable bonds is 37. The summed E-state index contributed by atoms with van der Waals surface area (Å²) in [5, 5.41) is 70.1. The van der Waals surface area contributed by atoms with Gasteiger partial charge in [0.05, 0.1) is 32.2 Å². The van der Waals surface area contributed by atoms with Crippen LogP contribution in [-0.4, -0.2) is 206 Å². The molecule has 1 aromatic rings. The highest BCUT2D eigenvalue weighted by molar-refractivity contribution is 6.38. The molecule has 1 aromatic carbocycles. The van der Waals surface area contributed by atoms with Crippen LogP contribution in [0, 0.1) is 11.8 Å². The van der Waals surface area contributed by atoms with Crippen molar-refractivity contribution in [1.29, 1.82) is 0 Å². The van der Waals surface area contributed by atoms with Crippen LogP contribution >= 0.6 is 0 Å². The first-order chi connectivity index (χ1) is 40.3. The molecule has 0 bridgehead atoms. The van der Waals surface area contributed by atoms with E-state index in [1.165, 1.54) is 29.2 Å². The van der Waals surface area contributed by atoms with Crippen LogP contribution in [0.2, 0.25) is 0 Å². The van der Waals surface area contributed by atoms with Crippen molar-refractivity contribution in [3.8, 4) is 5.75 Å². The van der Waals surface area contributed by atoms with Crippen molar-refractivity contribution in [3.63, 3.8) is 0 Å². The molecule has 1 fully saturated rings. The number of carboxylic acids is 3. The van der Waals surface area contributed by atoms with Crippen LogP contribution in [0.25, 0.3) is 0 Å². The third-order valence-electron chi connectivity index (χ3n) is 13.1. The lowest BCUT2D eigenvalue weighted by molar-refractivity contribution is -0.144. The van der Waals surface area contributed by atoms with E-state index in [1.807, 2.05) is 0 Å². The van der Waals surface area contributed by atoms with Crippen LogP contribution in [0.3, 0.4) is 0 Å². The molecule has 33 heteroatoms. The number of aliphatic carboxylic acids is 3. The number of amides is 12. The zero-order chi connectivity index (χ0) is 65.1. The summed E-state index contributed by atoms with van der Waals surface area (Å²) in [4.78, 5) is 207. The van der Waals surface area contributed by atoms with E-state index in [1.54, 1.807) is 34.6 Å². The topological polar surface area (TPSA) is 524 Å². The van der Waals surface area contributed by atoms with E-state index in [0.29, 0.717) is 5.56 Å². The van der Waals surface area contributed by atoms with E-state index in [0.717, 1.165) is 6.92 Å². The molecule has 1 aliphatic rings. The molecule has 17 N–H and O–H groups in total. The number of carboxylic acid groups (broad SMARTS) is 3. The second-order valence-corrected chi connectivity index (χ2v) is 20.8. The van der Waals surface area contributed by atoms with Gasteiger partial charge in [-0.3, -0.25) is 76.7 Å². The van der Waals surface area contributed by atoms with Crippen LogP contribution in [-0.2, 0) is 83.1 Å². The van der Waals surface area contributed by atoms with Crippen LogP contribution in [0.5, 0.6) is 5.75 Å². The molecule has 0 radical (unpaired) electrons. The standard InChI is InChI=1S/C53H78N12O21/c1-7-9-30(44(77)52(85)56-22-37(69)55-23-38(70)58-34(21-41(75)76)49(82)61-33(20-28-11-13-29(68)14-12-28)48(81)62-35(24-66)45(54)78)59-50(83)36-10-8-19-65(36)53(86)43(26(4)5)64-51(84)42(25(2)3)63-47(80)32(16-18-40(73)74)60-46(79)31(57-27(6)67)15-17-39(71)72/h11-14,25-26,30-36,42-43,66,68H,7-10,15-24H2,1-6H3,(H2,54,78)(H,55,69)(H,56,85)(H,57,67)(H,58,70)(H,59,83)(H,60,79)(H,61,82)(H,62,81)(H,63,80)(H,64,84)(H,71,72)(H,73,74)(H,75,76)/t30-,31-,32-,33-,34-,35-,36?,42-,43-/m0/s1. The molecule has 1 aliphatic heterocycles. The van der Waals surface area contributed by atoms with Crippen LogP contribution in [0.1, 0.15) is 105 Å². The largest absolute Gasteiger partial charge is 0.508 e. The maximum absolute atomic E-state index is 14.3. The molecular formula is C53H78N12O21. The van der Waals surface area contributed by atoms with Gasteiger partial charge in [0.25, 0.3) is 5.91 Å². The van der Waals surface area contributed by atoms with E-state index >= 15 is 0 Å². The molecule has 0 spiro atoms. The van der Waals surface area contributed by atoms with Gasteiger partial charge in [-0.1, -0.05) is 53.2 Å². The number of benzene rings is 1. The normalized spacial score (nSPS) is 15.5. The lowest BCUT2D eigenvalue weighted by Gasteiger charge is -2.33. The fourth-order valence-corrected chi connectivity index (χ4v) is 8.55. The molecule has 86 heavy (non-hydrogen) atoms. The Morgan fingerprint density at radius 3 is 1.62 bits per heavy atom. The number of carbonyl (C=O) groups excluding carboxylic acids is 13. The first kappa shape index (κ1) is 72.8. The number of phenolic OH excluding ortho intramolecular Hbond substituents is 1. The van der Waals surface area contributed by atoms with Gasteiger partial charge in [-0.25, -0.2) is 0 Å². The molecule has 2 rings (SSSR count). The van der Waals surface area contributed by atoms with Gasteiger partial charge in [0.15, 0.2) is 0 Å². The number of carbonyl (C=O) groups is 16. The van der Waals surface area contributed by atoms with E-state index in [4.69, 9.17) is 10.8 Å². The number of nitrogens with two attached hydrogens (primary N) is 1. The molecule has 0 saturated carbocycles. The zero-order valence-electron chi connectivity index (χ0n) is 48.4. The average Bonchev–Trinajstić information content (AvgIpc) is 4.16. The molecule has 0 aromatic heterocycles. The number of phenols is 1. The number of Topliss-reactive ketones (excluding diaryl/α,β-unsaturated/α-hetero) is 1. The monoisotopic (exact) mass is 1220 g/mol. The van der Waals surface area contributed by atoms with Gasteiger partial charge in [-0.15, -0.1) is 0 Å². The highest BCUT2D eigenvalue weighted by atomic mass is 16.4. The number of likely N-dealkylation sites (tertiary alicyclic amines) is 1. The first-order valence-corrected chi connectivity index (χ1v) is 27.4. The highest BCUT2D eigenvalue weighted by Gasteiger charge is 2.42. The van der Waals surface area contributed by atoms with Crippen molar-refractivity contribution >= 4 is 94.6 Å². The predicted octanol–water partition coefficient (Wildman–Crippen LogP) is -5.58. The number of nitrogens with zero attached hydrogens (tertiary/aromatic N) is 1. The van der Waals surface area contributed by atoms with E-state index in [-0.39, 0.29) is 50.8 Å². The van der Waals surface area contributed by atoms with Gasteiger partial charge in [0.1, 0.15) is 54.1 Å². The Morgan fingerprint density at radius 2 is 1.09 bits per heavy atom. The zero-order valence-corrected chi connectivity index (χ0v) is 48.4. The van der Waals surface area contributed by atoms with E-state index in [9.17, 15) is 97.1 Å². The Bertz CT molecular complexity index is 2670. The fraction of sp³-hybridized carbons (Fsp3) is 0.585. The number of nitrogens with one attached hydrogen (secondary N) is 10. The molecule has 1 saturated heterocycles. The molecular weight excluding hydrogens is 1140 g/mol. The predicted molar refractivity (Wildman–Crippen MR) is 296 cm³/mol. The summed E-state index contributed by atoms with van der Waals surface area (Å²) in [5.74, 6) is -19.0. The molecule has 1 heterocycles. The van der Waals surface area contributed by atoms with Gasteiger partial charge in [0, 0.05) is 32.7 Å². The Labute approximate surface area is 493 Å². The van der Waals surface area contributed by atoms with Crippen molar-refractivity contribution in [2.24, 2.45) is 17.6 Å². The van der Waals surface area contributed by atoms with Gasteiger partial charge in [-0.05, 0) is 61.6 Å². The first-order valence-electron chi connectivity index (χ1n) is 27.4. The third kappa shape index (κ3) is 24.9. The van der Waals surface area contributed by atoms with Crippen molar-refractivity contribution < 1.29 is 102 Å². The van der Waals surface area contributed by atoms with Crippen molar-refractivity contribution in [2.75, 3.05) is 26.2 Å². The second-order valence-electron chi connectivity index (χ2n) is 20.8. The summed E-state index contributed by atoms with van der Waals surface area (Å²) in [6.07, 6.45) is -2.88. The smallest absolute Gasteiger partial charge is 0.305 e. The third-order valence-corrected chi connectivity index (χ3v) is 13.1. The molecule has 12 amide bonds. The summed E-state index contributed by atoms with van der Waals surface area (Å²) in [6.45, 7) is 6.23. The maximum atomic E-state index is 14.3. The Balaban J connectivity index is 2.14. The lowest BCUT2D eigenvalue weighted by atomic mass is 9.98. The SMILES string of the molecule is CCC[C@H](NC(=O)C1CCCN1C(=O)[C@@H](NC(=O)[C@@H](NC(=O)[C@H](CCC(=O)O)NC(=O)[C@H](CCC(=O)O)NC(C)=O)C(C)C)C(C)C)C(=O)C(=O)NCC(=O)NCC(=O)N[C@@H](CC(=O)O)C(=O)N[C@@H](Cc1ccc(O)cc1)C(=O)N[C@@H](CO)C(N)=O. The quantitative estimate of drug-likeness (QED) is 0.0276. The molecule has 476 valence electrons. The number of ketones is 1. The van der Waals surface area contributed by atoms with Gasteiger partial charge < -0.3 is 89.3 Å². The average molecular weight is 1220 g/mol. The van der Waals surface area contributed by atoms with Crippen molar-refractivity contribution in [1.82, 2.24) is 58.1 Å². The number of aromatic hydroxyl groups is 1. The Hall–Kier alpha value is -9.30. The summed E-state index contributed by atoms with van der Waals surface area (Å²) < 4.78 is 0. The number of hydrogen-bond acceptors (Lipinski definition) is 18. The van der Waals surface area contributed by atoms with Gasteiger partial charge in [-0.2, -0.15) is 0 Å². The molecule has 9 atom stereocenters. The summed E-state index contributed by atoms with van der Waals surface area (Å²) in [6, 6.07) is -8.19. The van der Waals surface area contributed by atoms with Gasteiger partial charge >= 0.3 is 17.9 Å². The number of aliphatic hydroxyl groups excluding tert-OH is 1. The number of hydrogen-bond donors (Lipinski definition) is 16. The fourth-order valence-electron chi connectivity index (χ4n) is 8.55. The minimum atomic E-state index is -1.88. The molecule has 1 unspecified atom stereocenters. The van der Waals surface area contributed by atoms with Crippen molar-refractivity contribution in [2.45, 2.75) is 160 Å². The summed E-state index contributed by atoms with van der Waals surface area (Å²) in [7, 11) is 0. The van der Waals surface area contributed by atoms with Crippen molar-refractivity contribution in [3.05, 3.63) is 29.8 Å². The minimum Gasteiger partial charge on any atom is -0.508 e. The minimum absolute atomic E-state index is 0.0120. The van der Waals surface area contributed by atoms with Gasteiger partial charge in [0.2, 0.25) is 70.8 Å². The van der Waals surface area contributed by atoms with E-state index in [2.05, 4.69) is 53.2 Å². The maximum Gasteiger partial charge on any atom is 0.305 e. The Morgan fingerprint density at radius 1 is 0.581 bits per heavy atom. The summed E-state index contributed by atoms with van der Waals surface area (Å²) in [5.41, 5.74) is 5.55.